The van der Waals surface area contributed by atoms with Gasteiger partial charge in [-0.1, -0.05) is 30.7 Å². The molecule has 1 N–H and O–H groups in total. The minimum absolute atomic E-state index is 0.0257. The maximum atomic E-state index is 6.18. The molecule has 0 amide bonds. The number of hydrogen-bond donors (Lipinski definition) is 1. The summed E-state index contributed by atoms with van der Waals surface area (Å²) in [6.45, 7) is 4.85. The van der Waals surface area contributed by atoms with Crippen LogP contribution in [0.4, 0.5) is 0 Å². The number of rotatable bonds is 4. The van der Waals surface area contributed by atoms with Gasteiger partial charge < -0.3 is 14.2 Å². The Kier molecular flexibility index (Phi) is 3.55. The van der Waals surface area contributed by atoms with Crippen LogP contribution in [0.15, 0.2) is 45.4 Å². The molecule has 0 aliphatic heterocycles. The summed E-state index contributed by atoms with van der Waals surface area (Å²) >= 11 is 6.18. The predicted octanol–water partition coefficient (Wildman–Crippen LogP) is 4.69. The normalized spacial score (nSPS) is 12.9. The van der Waals surface area contributed by atoms with Gasteiger partial charge in [-0.15, -0.1) is 0 Å². The molecular weight excluding hydrogens is 274 g/mol. The lowest BCUT2D eigenvalue weighted by molar-refractivity contribution is 0.465. The summed E-state index contributed by atoms with van der Waals surface area (Å²) in [5, 5.41) is 5.07. The molecule has 2 heterocycles. The van der Waals surface area contributed by atoms with Crippen LogP contribution in [0.3, 0.4) is 0 Å². The SMILES string of the molecule is CCNC(c1cc2cccc(Cl)c2o1)c1ccoc1C. The van der Waals surface area contributed by atoms with Crippen LogP contribution < -0.4 is 5.32 Å². The number of furan rings is 2. The van der Waals surface area contributed by atoms with E-state index < -0.39 is 0 Å². The third-order valence-electron chi connectivity index (χ3n) is 3.42. The second-order valence-electron chi connectivity index (χ2n) is 4.73. The van der Waals surface area contributed by atoms with E-state index in [0.29, 0.717) is 5.02 Å². The summed E-state index contributed by atoms with van der Waals surface area (Å²) in [6.07, 6.45) is 1.70. The zero-order chi connectivity index (χ0) is 14.1. The van der Waals surface area contributed by atoms with E-state index in [1.807, 2.05) is 37.3 Å². The molecule has 1 aromatic carbocycles. The first-order chi connectivity index (χ1) is 9.70. The van der Waals surface area contributed by atoms with Gasteiger partial charge in [-0.2, -0.15) is 0 Å². The highest BCUT2D eigenvalue weighted by Crippen LogP contribution is 2.33. The van der Waals surface area contributed by atoms with E-state index in [2.05, 4.69) is 12.2 Å². The monoisotopic (exact) mass is 289 g/mol. The maximum Gasteiger partial charge on any atom is 0.152 e. The number of para-hydroxylation sites is 1. The lowest BCUT2D eigenvalue weighted by Gasteiger charge is -2.14. The molecule has 0 aliphatic rings. The lowest BCUT2D eigenvalue weighted by Crippen LogP contribution is -2.21. The Morgan fingerprint density at radius 1 is 1.30 bits per heavy atom. The second kappa shape index (κ2) is 5.35. The van der Waals surface area contributed by atoms with E-state index in [4.69, 9.17) is 20.4 Å². The molecule has 1 unspecified atom stereocenters. The Balaban J connectivity index is 2.10. The molecule has 0 saturated heterocycles. The number of fused-ring (bicyclic) bond motifs is 1. The topological polar surface area (TPSA) is 38.3 Å². The van der Waals surface area contributed by atoms with Gasteiger partial charge in [-0.3, -0.25) is 0 Å². The Hall–Kier alpha value is -1.71. The molecule has 0 spiro atoms. The van der Waals surface area contributed by atoms with Crippen molar-refractivity contribution >= 4 is 22.6 Å². The highest BCUT2D eigenvalue weighted by atomic mass is 35.5. The lowest BCUT2D eigenvalue weighted by atomic mass is 10.1. The van der Waals surface area contributed by atoms with Crippen LogP contribution in [0.2, 0.25) is 5.02 Å². The van der Waals surface area contributed by atoms with Crippen LogP contribution in [0.1, 0.15) is 30.0 Å². The smallest absolute Gasteiger partial charge is 0.152 e. The molecule has 0 fully saturated rings. The summed E-state index contributed by atoms with van der Waals surface area (Å²) in [5.74, 6) is 1.74. The van der Waals surface area contributed by atoms with Crippen LogP contribution in [0, 0.1) is 6.92 Å². The molecule has 0 bridgehead atoms. The molecule has 2 aromatic heterocycles. The van der Waals surface area contributed by atoms with Crippen molar-refractivity contribution in [1.29, 1.82) is 0 Å². The number of benzene rings is 1. The highest BCUT2D eigenvalue weighted by Gasteiger charge is 2.21. The average molecular weight is 290 g/mol. The van der Waals surface area contributed by atoms with Crippen molar-refractivity contribution in [3.8, 4) is 0 Å². The van der Waals surface area contributed by atoms with E-state index >= 15 is 0 Å². The first-order valence-corrected chi connectivity index (χ1v) is 7.04. The van der Waals surface area contributed by atoms with Crippen LogP contribution in [-0.2, 0) is 0 Å². The quantitative estimate of drug-likeness (QED) is 0.757. The third kappa shape index (κ3) is 2.23. The van der Waals surface area contributed by atoms with Gasteiger partial charge in [-0.25, -0.2) is 0 Å². The fourth-order valence-corrected chi connectivity index (χ4v) is 2.67. The van der Waals surface area contributed by atoms with Crippen LogP contribution >= 0.6 is 11.6 Å². The fourth-order valence-electron chi connectivity index (χ4n) is 2.45. The molecule has 104 valence electrons. The van der Waals surface area contributed by atoms with Gasteiger partial charge in [0.15, 0.2) is 5.58 Å². The van der Waals surface area contributed by atoms with Crippen LogP contribution in [-0.4, -0.2) is 6.54 Å². The number of aryl methyl sites for hydroxylation is 1. The molecule has 0 aliphatic carbocycles. The number of halogens is 1. The summed E-state index contributed by atoms with van der Waals surface area (Å²) < 4.78 is 11.4. The molecule has 3 aromatic rings. The third-order valence-corrected chi connectivity index (χ3v) is 3.72. The molecule has 0 radical (unpaired) electrons. The van der Waals surface area contributed by atoms with E-state index in [0.717, 1.165) is 34.6 Å². The first kappa shape index (κ1) is 13.3. The van der Waals surface area contributed by atoms with E-state index in [1.54, 1.807) is 6.26 Å². The second-order valence-corrected chi connectivity index (χ2v) is 5.14. The van der Waals surface area contributed by atoms with Crippen molar-refractivity contribution in [3.63, 3.8) is 0 Å². The zero-order valence-corrected chi connectivity index (χ0v) is 12.2. The van der Waals surface area contributed by atoms with Gasteiger partial charge in [0.2, 0.25) is 0 Å². The van der Waals surface area contributed by atoms with E-state index in [1.165, 1.54) is 0 Å². The van der Waals surface area contributed by atoms with Crippen molar-refractivity contribution < 1.29 is 8.83 Å². The van der Waals surface area contributed by atoms with Crippen molar-refractivity contribution in [2.24, 2.45) is 0 Å². The molecule has 20 heavy (non-hydrogen) atoms. The Morgan fingerprint density at radius 2 is 2.15 bits per heavy atom. The first-order valence-electron chi connectivity index (χ1n) is 6.66. The minimum Gasteiger partial charge on any atom is -0.469 e. The van der Waals surface area contributed by atoms with E-state index in [9.17, 15) is 0 Å². The highest BCUT2D eigenvalue weighted by molar-refractivity contribution is 6.34. The van der Waals surface area contributed by atoms with Crippen molar-refractivity contribution in [1.82, 2.24) is 5.32 Å². The molecular formula is C16H16ClNO2. The van der Waals surface area contributed by atoms with Gasteiger partial charge in [0.05, 0.1) is 17.3 Å². The zero-order valence-electron chi connectivity index (χ0n) is 11.4. The van der Waals surface area contributed by atoms with Crippen molar-refractivity contribution in [2.45, 2.75) is 19.9 Å². The van der Waals surface area contributed by atoms with Gasteiger partial charge in [-0.05, 0) is 31.7 Å². The van der Waals surface area contributed by atoms with Gasteiger partial charge in [0, 0.05) is 10.9 Å². The standard InChI is InChI=1S/C16H16ClNO2/c1-3-18-15(12-7-8-19-10(12)2)14-9-11-5-4-6-13(17)16(11)20-14/h4-9,15,18H,3H2,1-2H3. The van der Waals surface area contributed by atoms with Gasteiger partial charge in [0.25, 0.3) is 0 Å². The summed E-state index contributed by atoms with van der Waals surface area (Å²) in [7, 11) is 0. The van der Waals surface area contributed by atoms with Gasteiger partial charge in [0.1, 0.15) is 11.5 Å². The van der Waals surface area contributed by atoms with Crippen LogP contribution in [0.25, 0.3) is 11.0 Å². The fraction of sp³-hybridized carbons (Fsp3) is 0.250. The largest absolute Gasteiger partial charge is 0.469 e. The molecule has 3 rings (SSSR count). The predicted molar refractivity (Wildman–Crippen MR) is 80.2 cm³/mol. The molecule has 4 heteroatoms. The summed E-state index contributed by atoms with van der Waals surface area (Å²) in [4.78, 5) is 0. The van der Waals surface area contributed by atoms with E-state index in [-0.39, 0.29) is 6.04 Å². The Labute approximate surface area is 122 Å². The average Bonchev–Trinajstić information content (AvgIpc) is 3.03. The summed E-state index contributed by atoms with van der Waals surface area (Å²) in [6, 6.07) is 9.73. The number of hydrogen-bond acceptors (Lipinski definition) is 3. The molecule has 3 nitrogen and oxygen atoms in total. The minimum atomic E-state index is -0.0257. The number of nitrogens with one attached hydrogen (secondary N) is 1. The maximum absolute atomic E-state index is 6.18. The molecule has 0 saturated carbocycles. The van der Waals surface area contributed by atoms with Crippen molar-refractivity contribution in [2.75, 3.05) is 6.54 Å². The van der Waals surface area contributed by atoms with Gasteiger partial charge >= 0.3 is 0 Å². The van der Waals surface area contributed by atoms with Crippen molar-refractivity contribution in [3.05, 3.63) is 58.7 Å². The Morgan fingerprint density at radius 3 is 2.80 bits per heavy atom. The van der Waals surface area contributed by atoms with Crippen LogP contribution in [0.5, 0.6) is 0 Å². The summed E-state index contributed by atoms with van der Waals surface area (Å²) in [5.41, 5.74) is 1.82. The molecule has 1 atom stereocenters. The Bertz CT molecular complexity index is 729.